The number of halogens is 1. The Morgan fingerprint density at radius 3 is 2.87 bits per heavy atom. The zero-order chi connectivity index (χ0) is 16.1. The first kappa shape index (κ1) is 15.2. The van der Waals surface area contributed by atoms with Gasteiger partial charge >= 0.3 is 0 Å². The van der Waals surface area contributed by atoms with Crippen LogP contribution >= 0.6 is 15.9 Å². The fourth-order valence-corrected chi connectivity index (χ4v) is 2.44. The van der Waals surface area contributed by atoms with Crippen LogP contribution in [0.1, 0.15) is 5.56 Å². The highest BCUT2D eigenvalue weighted by atomic mass is 79.9. The second-order valence-electron chi connectivity index (χ2n) is 4.70. The molecule has 1 aromatic carbocycles. The number of rotatable bonds is 4. The molecule has 0 atom stereocenters. The Balaban J connectivity index is 1.76. The molecule has 3 rings (SSSR count). The summed E-state index contributed by atoms with van der Waals surface area (Å²) in [7, 11) is 0. The first-order valence-electron chi connectivity index (χ1n) is 6.92. The zero-order valence-electron chi connectivity index (χ0n) is 12.1. The highest BCUT2D eigenvalue weighted by molar-refractivity contribution is 9.10. The van der Waals surface area contributed by atoms with Gasteiger partial charge in [-0.05, 0) is 42.0 Å². The minimum Gasteiger partial charge on any atom is -0.319 e. The molecule has 0 fully saturated rings. The van der Waals surface area contributed by atoms with Crippen molar-refractivity contribution < 1.29 is 4.79 Å². The molecule has 1 N–H and O–H groups in total. The fraction of sp³-hybridized carbons (Fsp3) is 0. The Morgan fingerprint density at radius 2 is 2.09 bits per heavy atom. The number of hydrogen-bond donors (Lipinski definition) is 1. The molecule has 0 saturated carbocycles. The standard InChI is InChI=1S/C17H13BrN4O/c18-14-5-1-4-13(12-14)7-8-16(23)21-15-6-2-9-19-17(15)22-11-3-10-20-22/h1-12H,(H,21,23)/b8-7+. The highest BCUT2D eigenvalue weighted by Gasteiger charge is 2.07. The summed E-state index contributed by atoms with van der Waals surface area (Å²) in [4.78, 5) is 16.4. The van der Waals surface area contributed by atoms with Gasteiger partial charge in [0.05, 0.1) is 5.69 Å². The number of pyridine rings is 1. The molecule has 5 nitrogen and oxygen atoms in total. The first-order valence-corrected chi connectivity index (χ1v) is 7.71. The van der Waals surface area contributed by atoms with E-state index in [0.717, 1.165) is 10.0 Å². The number of hydrogen-bond acceptors (Lipinski definition) is 3. The van der Waals surface area contributed by atoms with E-state index in [2.05, 4.69) is 31.3 Å². The highest BCUT2D eigenvalue weighted by Crippen LogP contribution is 2.16. The van der Waals surface area contributed by atoms with Crippen molar-refractivity contribution in [2.75, 3.05) is 5.32 Å². The van der Waals surface area contributed by atoms with Gasteiger partial charge in [-0.15, -0.1) is 0 Å². The van der Waals surface area contributed by atoms with Crippen LogP contribution in [-0.2, 0) is 4.79 Å². The van der Waals surface area contributed by atoms with Crippen molar-refractivity contribution in [2.45, 2.75) is 0 Å². The van der Waals surface area contributed by atoms with Gasteiger partial charge < -0.3 is 5.32 Å². The smallest absolute Gasteiger partial charge is 0.248 e. The monoisotopic (exact) mass is 368 g/mol. The molecule has 0 spiro atoms. The third-order valence-corrected chi connectivity index (χ3v) is 3.54. The second kappa shape index (κ2) is 7.02. The van der Waals surface area contributed by atoms with Crippen LogP contribution in [0.2, 0.25) is 0 Å². The van der Waals surface area contributed by atoms with Crippen LogP contribution in [0.25, 0.3) is 11.9 Å². The van der Waals surface area contributed by atoms with Crippen molar-refractivity contribution in [3.63, 3.8) is 0 Å². The summed E-state index contributed by atoms with van der Waals surface area (Å²) in [6.07, 6.45) is 8.33. The minimum atomic E-state index is -0.230. The molecule has 0 unspecified atom stereocenters. The number of benzene rings is 1. The first-order chi connectivity index (χ1) is 11.2. The van der Waals surface area contributed by atoms with E-state index in [-0.39, 0.29) is 5.91 Å². The molecule has 23 heavy (non-hydrogen) atoms. The van der Waals surface area contributed by atoms with E-state index in [1.54, 1.807) is 47.5 Å². The van der Waals surface area contributed by atoms with Crippen molar-refractivity contribution >= 4 is 33.6 Å². The van der Waals surface area contributed by atoms with Crippen molar-refractivity contribution in [3.05, 3.63) is 77.2 Å². The largest absolute Gasteiger partial charge is 0.319 e. The van der Waals surface area contributed by atoms with E-state index in [9.17, 15) is 4.79 Å². The predicted molar refractivity (Wildman–Crippen MR) is 93.2 cm³/mol. The van der Waals surface area contributed by atoms with Gasteiger partial charge in [0, 0.05) is 29.1 Å². The van der Waals surface area contributed by atoms with Crippen LogP contribution in [0, 0.1) is 0 Å². The Hall–Kier alpha value is -2.73. The number of carbonyl (C=O) groups excluding carboxylic acids is 1. The molecule has 3 aromatic rings. The van der Waals surface area contributed by atoms with E-state index in [4.69, 9.17) is 0 Å². The van der Waals surface area contributed by atoms with E-state index >= 15 is 0 Å². The number of nitrogens with one attached hydrogen (secondary N) is 1. The van der Waals surface area contributed by atoms with Gasteiger partial charge in [0.15, 0.2) is 5.82 Å². The normalized spacial score (nSPS) is 10.8. The Kier molecular flexibility index (Phi) is 4.63. The lowest BCUT2D eigenvalue weighted by atomic mass is 10.2. The SMILES string of the molecule is O=C(/C=C/c1cccc(Br)c1)Nc1cccnc1-n1cccn1. The molecule has 1 amide bonds. The molecular formula is C17H13BrN4O. The maximum atomic E-state index is 12.1. The van der Waals surface area contributed by atoms with E-state index in [1.165, 1.54) is 6.08 Å². The maximum absolute atomic E-state index is 12.1. The number of carbonyl (C=O) groups is 1. The summed E-state index contributed by atoms with van der Waals surface area (Å²) in [6.45, 7) is 0. The van der Waals surface area contributed by atoms with Crippen molar-refractivity contribution in [1.82, 2.24) is 14.8 Å². The Morgan fingerprint density at radius 1 is 1.17 bits per heavy atom. The molecule has 2 heterocycles. The van der Waals surface area contributed by atoms with Gasteiger partial charge in [0.25, 0.3) is 0 Å². The van der Waals surface area contributed by atoms with Crippen LogP contribution in [0.5, 0.6) is 0 Å². The summed E-state index contributed by atoms with van der Waals surface area (Å²) < 4.78 is 2.57. The summed E-state index contributed by atoms with van der Waals surface area (Å²) >= 11 is 3.40. The van der Waals surface area contributed by atoms with Gasteiger partial charge in [-0.3, -0.25) is 4.79 Å². The Labute approximate surface area is 141 Å². The molecule has 0 aliphatic carbocycles. The lowest BCUT2D eigenvalue weighted by molar-refractivity contribution is -0.111. The molecule has 0 radical (unpaired) electrons. The summed E-state index contributed by atoms with van der Waals surface area (Å²) in [5, 5.41) is 6.96. The van der Waals surface area contributed by atoms with E-state index < -0.39 is 0 Å². The van der Waals surface area contributed by atoms with Gasteiger partial charge in [0.2, 0.25) is 5.91 Å². The fourth-order valence-electron chi connectivity index (χ4n) is 2.03. The van der Waals surface area contributed by atoms with E-state index in [1.807, 2.05) is 24.3 Å². The second-order valence-corrected chi connectivity index (χ2v) is 5.62. The van der Waals surface area contributed by atoms with Crippen LogP contribution < -0.4 is 5.32 Å². The van der Waals surface area contributed by atoms with Crippen molar-refractivity contribution in [3.8, 4) is 5.82 Å². The minimum absolute atomic E-state index is 0.230. The third kappa shape index (κ3) is 3.92. The Bertz CT molecular complexity index is 843. The quantitative estimate of drug-likeness (QED) is 0.714. The van der Waals surface area contributed by atoms with Crippen LogP contribution in [0.3, 0.4) is 0 Å². The predicted octanol–water partition coefficient (Wildman–Crippen LogP) is 3.68. The topological polar surface area (TPSA) is 59.8 Å². The van der Waals surface area contributed by atoms with E-state index in [0.29, 0.717) is 11.5 Å². The number of amides is 1. The van der Waals surface area contributed by atoms with Gasteiger partial charge in [-0.1, -0.05) is 28.1 Å². The molecule has 0 aliphatic rings. The molecule has 2 aromatic heterocycles. The van der Waals surface area contributed by atoms with Gasteiger partial charge in [-0.25, -0.2) is 9.67 Å². The number of anilines is 1. The van der Waals surface area contributed by atoms with Crippen molar-refractivity contribution in [2.24, 2.45) is 0 Å². The van der Waals surface area contributed by atoms with Crippen LogP contribution in [-0.4, -0.2) is 20.7 Å². The lowest BCUT2D eigenvalue weighted by Gasteiger charge is -2.08. The van der Waals surface area contributed by atoms with Gasteiger partial charge in [-0.2, -0.15) is 5.10 Å². The molecule has 0 bridgehead atoms. The average Bonchev–Trinajstić information content (AvgIpc) is 3.08. The summed E-state index contributed by atoms with van der Waals surface area (Å²) in [5.74, 6) is 0.341. The lowest BCUT2D eigenvalue weighted by Crippen LogP contribution is -2.11. The van der Waals surface area contributed by atoms with Gasteiger partial charge in [0.1, 0.15) is 0 Å². The number of nitrogens with zero attached hydrogens (tertiary/aromatic N) is 3. The molecule has 6 heteroatoms. The third-order valence-electron chi connectivity index (χ3n) is 3.04. The zero-order valence-corrected chi connectivity index (χ0v) is 13.6. The summed E-state index contributed by atoms with van der Waals surface area (Å²) in [6, 6.07) is 13.1. The van der Waals surface area contributed by atoms with Crippen LogP contribution in [0.4, 0.5) is 5.69 Å². The molecule has 114 valence electrons. The average molecular weight is 369 g/mol. The van der Waals surface area contributed by atoms with Crippen molar-refractivity contribution in [1.29, 1.82) is 0 Å². The molecule has 0 saturated heterocycles. The molecule has 0 aliphatic heterocycles. The maximum Gasteiger partial charge on any atom is 0.248 e. The summed E-state index contributed by atoms with van der Waals surface area (Å²) in [5.41, 5.74) is 1.54. The van der Waals surface area contributed by atoms with Crippen LogP contribution in [0.15, 0.2) is 71.6 Å². The number of aromatic nitrogens is 3. The molecular weight excluding hydrogens is 356 g/mol.